The monoisotopic (exact) mass is 426 g/mol. The molecule has 0 unspecified atom stereocenters. The lowest BCUT2D eigenvalue weighted by molar-refractivity contribution is 0.0624. The molecule has 1 amide bonds. The van der Waals surface area contributed by atoms with Crippen LogP contribution in [0, 0.1) is 0 Å². The molecule has 0 atom stereocenters. The summed E-state index contributed by atoms with van der Waals surface area (Å²) in [5.74, 6) is 0.880. The first-order chi connectivity index (χ1) is 13.2. The van der Waals surface area contributed by atoms with Gasteiger partial charge in [-0.3, -0.25) is 9.69 Å². The molecule has 0 bridgehead atoms. The Morgan fingerprint density at radius 1 is 0.963 bits per heavy atom. The lowest BCUT2D eigenvalue weighted by Gasteiger charge is -2.34. The van der Waals surface area contributed by atoms with E-state index in [0.717, 1.165) is 34.6 Å². The van der Waals surface area contributed by atoms with E-state index in [0.29, 0.717) is 19.6 Å². The summed E-state index contributed by atoms with van der Waals surface area (Å²) in [5, 5.41) is 12.1. The van der Waals surface area contributed by atoms with E-state index in [9.17, 15) is 4.79 Å². The third-order valence-electron chi connectivity index (χ3n) is 4.65. The van der Waals surface area contributed by atoms with Gasteiger partial charge in [0.15, 0.2) is 5.82 Å². The summed E-state index contributed by atoms with van der Waals surface area (Å²) in [5.41, 5.74) is 1.67. The summed E-state index contributed by atoms with van der Waals surface area (Å²) in [6.45, 7) is 3.64. The van der Waals surface area contributed by atoms with Crippen LogP contribution in [0.15, 0.2) is 59.1 Å². The van der Waals surface area contributed by atoms with Gasteiger partial charge in [-0.1, -0.05) is 34.1 Å². The van der Waals surface area contributed by atoms with Crippen LogP contribution in [0.4, 0.5) is 0 Å². The quantitative estimate of drug-likeness (QED) is 0.640. The molecule has 1 fully saturated rings. The highest BCUT2D eigenvalue weighted by Crippen LogP contribution is 2.15. The lowest BCUT2D eigenvalue weighted by Crippen LogP contribution is -2.48. The molecule has 138 valence electrons. The number of hydrogen-bond donors (Lipinski definition) is 0. The minimum absolute atomic E-state index is 0.0799. The van der Waals surface area contributed by atoms with E-state index in [1.54, 1.807) is 4.68 Å². The van der Waals surface area contributed by atoms with Gasteiger partial charge in [-0.2, -0.15) is 4.68 Å². The first-order valence-electron chi connectivity index (χ1n) is 8.80. The number of hydrogen-bond acceptors (Lipinski definition) is 5. The van der Waals surface area contributed by atoms with Crippen LogP contribution in [0.3, 0.4) is 0 Å². The normalized spacial score (nSPS) is 15.1. The maximum absolute atomic E-state index is 12.6. The van der Waals surface area contributed by atoms with Crippen LogP contribution >= 0.6 is 15.9 Å². The van der Waals surface area contributed by atoms with E-state index in [1.165, 1.54) is 0 Å². The van der Waals surface area contributed by atoms with Crippen LogP contribution < -0.4 is 0 Å². The van der Waals surface area contributed by atoms with E-state index >= 15 is 0 Å². The molecule has 1 aliphatic rings. The molecule has 0 aliphatic carbocycles. The summed E-state index contributed by atoms with van der Waals surface area (Å²) >= 11 is 3.40. The van der Waals surface area contributed by atoms with Crippen LogP contribution in [0.1, 0.15) is 16.2 Å². The number of amides is 1. The fourth-order valence-corrected chi connectivity index (χ4v) is 3.42. The van der Waals surface area contributed by atoms with Gasteiger partial charge in [0, 0.05) is 36.2 Å². The third-order valence-corrected chi connectivity index (χ3v) is 5.18. The van der Waals surface area contributed by atoms with Gasteiger partial charge in [0.1, 0.15) is 0 Å². The molecule has 3 aromatic rings. The van der Waals surface area contributed by atoms with E-state index in [-0.39, 0.29) is 5.91 Å². The van der Waals surface area contributed by atoms with Crippen molar-refractivity contribution in [2.24, 2.45) is 0 Å². The molecule has 8 heteroatoms. The average Bonchev–Trinajstić information content (AvgIpc) is 3.17. The summed E-state index contributed by atoms with van der Waals surface area (Å²) < 4.78 is 2.74. The molecule has 1 saturated heterocycles. The summed E-state index contributed by atoms with van der Waals surface area (Å²) in [4.78, 5) is 16.8. The molecule has 0 spiro atoms. The smallest absolute Gasteiger partial charge is 0.253 e. The Bertz CT molecular complexity index is 903. The number of carbonyl (C=O) groups excluding carboxylic acids is 1. The van der Waals surface area contributed by atoms with E-state index in [2.05, 4.69) is 36.4 Å². The number of para-hydroxylation sites is 1. The lowest BCUT2D eigenvalue weighted by atomic mass is 10.2. The number of tetrazole rings is 1. The van der Waals surface area contributed by atoms with Gasteiger partial charge in [-0.15, -0.1) is 5.10 Å². The van der Waals surface area contributed by atoms with Gasteiger partial charge in [-0.25, -0.2) is 0 Å². The fraction of sp³-hybridized carbons (Fsp3) is 0.263. The van der Waals surface area contributed by atoms with Crippen LogP contribution in [0.2, 0.25) is 0 Å². The van der Waals surface area contributed by atoms with Crippen LogP contribution in [-0.2, 0) is 6.54 Å². The topological polar surface area (TPSA) is 67.2 Å². The Hall–Kier alpha value is -2.58. The highest BCUT2D eigenvalue weighted by molar-refractivity contribution is 9.10. The molecule has 7 nitrogen and oxygen atoms in total. The Kier molecular flexibility index (Phi) is 5.26. The predicted molar refractivity (Wildman–Crippen MR) is 104 cm³/mol. The molecule has 2 aromatic carbocycles. The van der Waals surface area contributed by atoms with Crippen LogP contribution in [-0.4, -0.2) is 62.1 Å². The van der Waals surface area contributed by atoms with Crippen molar-refractivity contribution in [3.05, 3.63) is 70.5 Å². The number of aromatic nitrogens is 4. The number of rotatable bonds is 4. The zero-order chi connectivity index (χ0) is 18.6. The van der Waals surface area contributed by atoms with Crippen molar-refractivity contribution in [2.45, 2.75) is 6.54 Å². The number of nitrogens with zero attached hydrogens (tertiary/aromatic N) is 6. The Morgan fingerprint density at radius 3 is 2.37 bits per heavy atom. The SMILES string of the molecule is O=C(c1ccc(Br)cc1)N1CCN(Cc2nnnn2-c2ccccc2)CC1. The maximum Gasteiger partial charge on any atom is 0.253 e. The van der Waals surface area contributed by atoms with Crippen molar-refractivity contribution in [3.8, 4) is 5.69 Å². The minimum Gasteiger partial charge on any atom is -0.336 e. The zero-order valence-corrected chi connectivity index (χ0v) is 16.3. The predicted octanol–water partition coefficient (Wildman–Crippen LogP) is 2.38. The number of benzene rings is 2. The molecule has 27 heavy (non-hydrogen) atoms. The van der Waals surface area contributed by atoms with Crippen molar-refractivity contribution in [1.29, 1.82) is 0 Å². The largest absolute Gasteiger partial charge is 0.336 e. The molecule has 0 saturated carbocycles. The molecule has 0 N–H and O–H groups in total. The molecule has 0 radical (unpaired) electrons. The molecule has 1 aliphatic heterocycles. The highest BCUT2D eigenvalue weighted by atomic mass is 79.9. The van der Waals surface area contributed by atoms with Crippen LogP contribution in [0.25, 0.3) is 5.69 Å². The van der Waals surface area contributed by atoms with Gasteiger partial charge >= 0.3 is 0 Å². The molecule has 1 aromatic heterocycles. The Labute approximate surface area is 165 Å². The second kappa shape index (κ2) is 7.98. The summed E-state index contributed by atoms with van der Waals surface area (Å²) in [6, 6.07) is 17.4. The van der Waals surface area contributed by atoms with E-state index in [1.807, 2.05) is 59.5 Å². The summed E-state index contributed by atoms with van der Waals surface area (Å²) in [7, 11) is 0. The van der Waals surface area contributed by atoms with Crippen molar-refractivity contribution >= 4 is 21.8 Å². The molecule has 4 rings (SSSR count). The molecular weight excluding hydrogens is 408 g/mol. The standard InChI is InChI=1S/C19H19BrN6O/c20-16-8-6-15(7-9-16)19(27)25-12-10-24(11-13-25)14-18-21-22-23-26(18)17-4-2-1-3-5-17/h1-9H,10-14H2. The van der Waals surface area contributed by atoms with Gasteiger partial charge < -0.3 is 4.90 Å². The first kappa shape index (κ1) is 17.8. The van der Waals surface area contributed by atoms with Crippen molar-refractivity contribution < 1.29 is 4.79 Å². The Balaban J connectivity index is 1.37. The van der Waals surface area contributed by atoms with Crippen molar-refractivity contribution in [2.75, 3.05) is 26.2 Å². The number of halogens is 1. The molecular formula is C19H19BrN6O. The van der Waals surface area contributed by atoms with Gasteiger partial charge in [0.05, 0.1) is 12.2 Å². The Morgan fingerprint density at radius 2 is 1.67 bits per heavy atom. The van der Waals surface area contributed by atoms with E-state index in [4.69, 9.17) is 0 Å². The van der Waals surface area contributed by atoms with Crippen molar-refractivity contribution in [1.82, 2.24) is 30.0 Å². The third kappa shape index (κ3) is 4.06. The summed E-state index contributed by atoms with van der Waals surface area (Å²) in [6.07, 6.45) is 0. The van der Waals surface area contributed by atoms with Gasteiger partial charge in [-0.05, 0) is 46.8 Å². The van der Waals surface area contributed by atoms with Crippen molar-refractivity contribution in [3.63, 3.8) is 0 Å². The maximum atomic E-state index is 12.6. The fourth-order valence-electron chi connectivity index (χ4n) is 3.16. The first-order valence-corrected chi connectivity index (χ1v) is 9.60. The second-order valence-electron chi connectivity index (χ2n) is 6.42. The minimum atomic E-state index is 0.0799. The molecule has 2 heterocycles. The van der Waals surface area contributed by atoms with Gasteiger partial charge in [0.2, 0.25) is 0 Å². The van der Waals surface area contributed by atoms with E-state index < -0.39 is 0 Å². The number of piperazine rings is 1. The second-order valence-corrected chi connectivity index (χ2v) is 7.33. The average molecular weight is 427 g/mol. The van der Waals surface area contributed by atoms with Crippen LogP contribution in [0.5, 0.6) is 0 Å². The highest BCUT2D eigenvalue weighted by Gasteiger charge is 2.23. The zero-order valence-electron chi connectivity index (χ0n) is 14.7. The number of carbonyl (C=O) groups is 1. The van der Waals surface area contributed by atoms with Gasteiger partial charge in [0.25, 0.3) is 5.91 Å².